The van der Waals surface area contributed by atoms with Gasteiger partial charge in [-0.2, -0.15) is 4.98 Å². The van der Waals surface area contributed by atoms with E-state index >= 15 is 0 Å². The van der Waals surface area contributed by atoms with Crippen LogP contribution in [-0.2, 0) is 17.6 Å². The monoisotopic (exact) mass is 332 g/mol. The van der Waals surface area contributed by atoms with Gasteiger partial charge in [-0.25, -0.2) is 0 Å². The van der Waals surface area contributed by atoms with Crippen molar-refractivity contribution in [3.63, 3.8) is 0 Å². The first-order valence-corrected chi connectivity index (χ1v) is 7.35. The number of amides is 1. The van der Waals surface area contributed by atoms with Gasteiger partial charge in [0.25, 0.3) is 5.89 Å². The van der Waals surface area contributed by atoms with Gasteiger partial charge in [0.2, 0.25) is 5.91 Å². The molecule has 118 valence electrons. The van der Waals surface area contributed by atoms with Crippen molar-refractivity contribution < 1.29 is 13.8 Å². The van der Waals surface area contributed by atoms with E-state index < -0.39 is 0 Å². The number of halogens is 1. The summed E-state index contributed by atoms with van der Waals surface area (Å²) in [6.07, 6.45) is 2.17. The van der Waals surface area contributed by atoms with Gasteiger partial charge in [-0.1, -0.05) is 28.8 Å². The Kier molecular flexibility index (Phi) is 4.38. The van der Waals surface area contributed by atoms with Gasteiger partial charge >= 0.3 is 0 Å². The number of carbonyl (C=O) groups is 1. The number of nitrogens with zero attached hydrogens (tertiary/aromatic N) is 3. The molecule has 0 spiro atoms. The maximum absolute atomic E-state index is 12.1. The van der Waals surface area contributed by atoms with E-state index in [2.05, 4.69) is 20.6 Å². The van der Waals surface area contributed by atoms with Crippen molar-refractivity contribution in [2.24, 2.45) is 0 Å². The summed E-state index contributed by atoms with van der Waals surface area (Å²) in [5.74, 6) is 0.652. The molecule has 0 atom stereocenters. The van der Waals surface area contributed by atoms with Crippen LogP contribution in [0.3, 0.4) is 0 Å². The van der Waals surface area contributed by atoms with E-state index in [1.54, 1.807) is 24.3 Å². The Bertz CT molecular complexity index is 814. The second-order valence-electron chi connectivity index (χ2n) is 4.77. The Morgan fingerprint density at radius 3 is 2.87 bits per heavy atom. The van der Waals surface area contributed by atoms with Crippen molar-refractivity contribution in [3.05, 3.63) is 47.1 Å². The van der Waals surface area contributed by atoms with Crippen molar-refractivity contribution >= 4 is 23.2 Å². The van der Waals surface area contributed by atoms with Crippen molar-refractivity contribution in [1.82, 2.24) is 15.3 Å². The Balaban J connectivity index is 1.85. The number of carbonyl (C=O) groups excluding carboxylic acids is 1. The van der Waals surface area contributed by atoms with E-state index in [1.807, 2.05) is 6.92 Å². The van der Waals surface area contributed by atoms with Crippen LogP contribution in [0.15, 0.2) is 39.6 Å². The molecule has 1 aromatic carbocycles. The predicted molar refractivity (Wildman–Crippen MR) is 83.0 cm³/mol. The third-order valence-corrected chi connectivity index (χ3v) is 3.34. The minimum absolute atomic E-state index is 0.0998. The first-order chi connectivity index (χ1) is 11.2. The summed E-state index contributed by atoms with van der Waals surface area (Å²) in [5.41, 5.74) is 1.65. The predicted octanol–water partition coefficient (Wildman–Crippen LogP) is 3.12. The fourth-order valence-electron chi connectivity index (χ4n) is 2.00. The Hall–Kier alpha value is -2.67. The largest absolute Gasteiger partial charge is 0.364 e. The molecule has 3 aromatic rings. The fraction of sp³-hybridized carbons (Fsp3) is 0.200. The highest BCUT2D eigenvalue weighted by molar-refractivity contribution is 6.31. The number of hydrogen-bond acceptors (Lipinski definition) is 6. The molecule has 0 saturated carbocycles. The highest BCUT2D eigenvalue weighted by Crippen LogP contribution is 2.30. The maximum Gasteiger partial charge on any atom is 0.260 e. The van der Waals surface area contributed by atoms with Crippen molar-refractivity contribution in [3.8, 4) is 11.5 Å². The lowest BCUT2D eigenvalue weighted by molar-refractivity contribution is -0.115. The van der Waals surface area contributed by atoms with E-state index in [0.29, 0.717) is 40.1 Å². The maximum atomic E-state index is 12.1. The smallest absolute Gasteiger partial charge is 0.260 e. The van der Waals surface area contributed by atoms with Crippen LogP contribution in [0.25, 0.3) is 11.5 Å². The minimum atomic E-state index is -0.238. The fourth-order valence-corrected chi connectivity index (χ4v) is 2.17. The van der Waals surface area contributed by atoms with Gasteiger partial charge in [0.15, 0.2) is 5.82 Å². The second kappa shape index (κ2) is 6.62. The molecular formula is C15H13ClN4O3. The lowest BCUT2D eigenvalue weighted by atomic mass is 10.1. The normalized spacial score (nSPS) is 10.7. The van der Waals surface area contributed by atoms with Crippen LogP contribution in [-0.4, -0.2) is 21.2 Å². The van der Waals surface area contributed by atoms with Crippen LogP contribution in [0.1, 0.15) is 18.4 Å². The molecule has 0 aliphatic rings. The van der Waals surface area contributed by atoms with Gasteiger partial charge in [-0.3, -0.25) is 4.79 Å². The Labute approximate surface area is 136 Å². The third-order valence-electron chi connectivity index (χ3n) is 3.10. The van der Waals surface area contributed by atoms with E-state index in [1.165, 1.54) is 6.26 Å². The van der Waals surface area contributed by atoms with E-state index in [-0.39, 0.29) is 12.3 Å². The molecule has 1 N–H and O–H groups in total. The Morgan fingerprint density at radius 1 is 1.30 bits per heavy atom. The number of aryl methyl sites for hydroxylation is 1. The number of benzene rings is 1. The van der Waals surface area contributed by atoms with Crippen molar-refractivity contribution in [1.29, 1.82) is 0 Å². The van der Waals surface area contributed by atoms with Crippen LogP contribution in [0.2, 0.25) is 5.02 Å². The number of hydrogen-bond donors (Lipinski definition) is 1. The summed E-state index contributed by atoms with van der Waals surface area (Å²) in [4.78, 5) is 16.4. The van der Waals surface area contributed by atoms with E-state index in [4.69, 9.17) is 20.6 Å². The molecule has 0 radical (unpaired) electrons. The molecule has 0 fully saturated rings. The van der Waals surface area contributed by atoms with Crippen molar-refractivity contribution in [2.45, 2.75) is 19.8 Å². The van der Waals surface area contributed by atoms with Gasteiger partial charge in [0.05, 0.1) is 23.4 Å². The van der Waals surface area contributed by atoms with Gasteiger partial charge in [-0.05, 0) is 18.2 Å². The molecule has 7 nitrogen and oxygen atoms in total. The first-order valence-electron chi connectivity index (χ1n) is 6.97. The molecule has 0 aliphatic carbocycles. The SMILES string of the molecule is CCc1noc(-c2cc(Cl)ccc2NC(=O)Cc2ccon2)n1. The zero-order valence-electron chi connectivity index (χ0n) is 12.2. The summed E-state index contributed by atoms with van der Waals surface area (Å²) in [7, 11) is 0. The summed E-state index contributed by atoms with van der Waals surface area (Å²) >= 11 is 6.03. The lowest BCUT2D eigenvalue weighted by Crippen LogP contribution is -2.15. The van der Waals surface area contributed by atoms with Crippen LogP contribution in [0.4, 0.5) is 5.69 Å². The molecule has 8 heteroatoms. The average Bonchev–Trinajstić information content (AvgIpc) is 3.20. The van der Waals surface area contributed by atoms with Crippen LogP contribution < -0.4 is 5.32 Å². The summed E-state index contributed by atoms with van der Waals surface area (Å²) in [5, 5.41) is 10.9. The molecule has 2 heterocycles. The summed E-state index contributed by atoms with van der Waals surface area (Å²) in [6, 6.07) is 6.66. The highest BCUT2D eigenvalue weighted by atomic mass is 35.5. The highest BCUT2D eigenvalue weighted by Gasteiger charge is 2.16. The molecule has 1 amide bonds. The number of nitrogens with one attached hydrogen (secondary N) is 1. The van der Waals surface area contributed by atoms with Crippen LogP contribution in [0.5, 0.6) is 0 Å². The van der Waals surface area contributed by atoms with Gasteiger partial charge in [0, 0.05) is 17.5 Å². The molecule has 0 saturated heterocycles. The molecule has 0 aliphatic heterocycles. The van der Waals surface area contributed by atoms with Gasteiger partial charge in [0.1, 0.15) is 6.26 Å². The zero-order chi connectivity index (χ0) is 16.2. The second-order valence-corrected chi connectivity index (χ2v) is 5.21. The van der Waals surface area contributed by atoms with E-state index in [0.717, 1.165) is 0 Å². The molecular weight excluding hydrogens is 320 g/mol. The molecule has 23 heavy (non-hydrogen) atoms. The summed E-state index contributed by atoms with van der Waals surface area (Å²) in [6.45, 7) is 1.92. The van der Waals surface area contributed by atoms with Crippen LogP contribution in [0, 0.1) is 0 Å². The Morgan fingerprint density at radius 2 is 2.17 bits per heavy atom. The summed E-state index contributed by atoms with van der Waals surface area (Å²) < 4.78 is 9.94. The third kappa shape index (κ3) is 3.57. The topological polar surface area (TPSA) is 94.1 Å². The number of aromatic nitrogens is 3. The molecule has 2 aromatic heterocycles. The quantitative estimate of drug-likeness (QED) is 0.771. The number of anilines is 1. The average molecular weight is 333 g/mol. The minimum Gasteiger partial charge on any atom is -0.364 e. The number of rotatable bonds is 5. The molecule has 3 rings (SSSR count). The zero-order valence-corrected chi connectivity index (χ0v) is 13.0. The molecule has 0 unspecified atom stereocenters. The lowest BCUT2D eigenvalue weighted by Gasteiger charge is -2.08. The van der Waals surface area contributed by atoms with E-state index in [9.17, 15) is 4.79 Å². The first kappa shape index (κ1) is 15.2. The van der Waals surface area contributed by atoms with Gasteiger partial charge < -0.3 is 14.4 Å². The standard InChI is InChI=1S/C15H13ClN4O3/c1-2-13-18-15(23-20-13)11-7-9(16)3-4-12(11)17-14(21)8-10-5-6-22-19-10/h3-7H,2,8H2,1H3,(H,17,21). The van der Waals surface area contributed by atoms with Gasteiger partial charge in [-0.15, -0.1) is 0 Å². The van der Waals surface area contributed by atoms with Crippen molar-refractivity contribution in [2.75, 3.05) is 5.32 Å². The van der Waals surface area contributed by atoms with Crippen LogP contribution >= 0.6 is 11.6 Å². The molecule has 0 bridgehead atoms.